The summed E-state index contributed by atoms with van der Waals surface area (Å²) in [6.07, 6.45) is 7.25. The maximum atomic E-state index is 11.9. The molecular weight excluding hydrogens is 290 g/mol. The Hall–Kier alpha value is -0.850. The molecule has 0 aliphatic heterocycles. The zero-order valence-electron chi connectivity index (χ0n) is 11.5. The van der Waals surface area contributed by atoms with Crippen LogP contribution in [-0.2, 0) is 6.54 Å². The molecule has 1 aliphatic carbocycles. The topological polar surface area (TPSA) is 57.8 Å². The molecule has 1 saturated carbocycles. The number of hydrogen-bond acceptors (Lipinski definition) is 5. The molecule has 1 aliphatic rings. The van der Waals surface area contributed by atoms with Gasteiger partial charge in [0, 0.05) is 11.3 Å². The summed E-state index contributed by atoms with van der Waals surface area (Å²) < 4.78 is 0.717. The molecule has 20 heavy (non-hydrogen) atoms. The summed E-state index contributed by atoms with van der Waals surface area (Å²) in [6.45, 7) is 0.646. The Morgan fingerprint density at radius 2 is 2.45 bits per heavy atom. The molecule has 0 spiro atoms. The van der Waals surface area contributed by atoms with Crippen molar-refractivity contribution in [2.24, 2.45) is 0 Å². The Bertz CT molecular complexity index is 637. The molecule has 2 N–H and O–H groups in total. The predicted octanol–water partition coefficient (Wildman–Crippen LogP) is 2.75. The zero-order valence-corrected chi connectivity index (χ0v) is 13.1. The lowest BCUT2D eigenvalue weighted by molar-refractivity contribution is 0.376. The highest BCUT2D eigenvalue weighted by Crippen LogP contribution is 2.27. The first-order valence-electron chi connectivity index (χ1n) is 6.99. The first-order chi connectivity index (χ1) is 9.76. The molecule has 3 rings (SSSR count). The van der Waals surface area contributed by atoms with Crippen molar-refractivity contribution in [2.75, 3.05) is 6.26 Å². The van der Waals surface area contributed by atoms with Crippen LogP contribution < -0.4 is 10.9 Å². The second-order valence-corrected chi connectivity index (χ2v) is 7.30. The van der Waals surface area contributed by atoms with Crippen LogP contribution in [0.25, 0.3) is 10.2 Å². The summed E-state index contributed by atoms with van der Waals surface area (Å²) in [6, 6.07) is 2.45. The lowest BCUT2D eigenvalue weighted by Crippen LogP contribution is -2.35. The SMILES string of the molecule is CSC1CCCC(NCc2nc3ccsc3c(=O)[nH]2)C1. The Balaban J connectivity index is 1.66. The number of nitrogens with zero attached hydrogens (tertiary/aromatic N) is 1. The van der Waals surface area contributed by atoms with Crippen molar-refractivity contribution in [3.05, 3.63) is 27.6 Å². The lowest BCUT2D eigenvalue weighted by atomic mass is 9.95. The molecule has 0 amide bonds. The smallest absolute Gasteiger partial charge is 0.268 e. The normalized spacial score (nSPS) is 23.2. The van der Waals surface area contributed by atoms with E-state index in [0.29, 0.717) is 17.3 Å². The summed E-state index contributed by atoms with van der Waals surface area (Å²) in [7, 11) is 0. The van der Waals surface area contributed by atoms with Gasteiger partial charge in [-0.2, -0.15) is 11.8 Å². The van der Waals surface area contributed by atoms with Crippen LogP contribution >= 0.6 is 23.1 Å². The van der Waals surface area contributed by atoms with E-state index in [9.17, 15) is 4.79 Å². The van der Waals surface area contributed by atoms with Crippen LogP contribution in [0.15, 0.2) is 16.2 Å². The van der Waals surface area contributed by atoms with Gasteiger partial charge < -0.3 is 10.3 Å². The molecule has 2 unspecified atom stereocenters. The Morgan fingerprint density at radius 3 is 3.30 bits per heavy atom. The van der Waals surface area contributed by atoms with Crippen molar-refractivity contribution in [3.8, 4) is 0 Å². The van der Waals surface area contributed by atoms with Gasteiger partial charge in [0.1, 0.15) is 10.5 Å². The van der Waals surface area contributed by atoms with Gasteiger partial charge >= 0.3 is 0 Å². The summed E-state index contributed by atoms with van der Waals surface area (Å²) in [5.74, 6) is 0.743. The van der Waals surface area contributed by atoms with Crippen molar-refractivity contribution in [1.29, 1.82) is 0 Å². The molecule has 2 heterocycles. The number of hydrogen-bond donors (Lipinski definition) is 2. The van der Waals surface area contributed by atoms with Gasteiger partial charge in [-0.3, -0.25) is 4.79 Å². The first kappa shape index (κ1) is 14.1. The van der Waals surface area contributed by atoms with Gasteiger partial charge in [-0.05, 0) is 37.0 Å². The molecule has 108 valence electrons. The van der Waals surface area contributed by atoms with Crippen molar-refractivity contribution in [3.63, 3.8) is 0 Å². The monoisotopic (exact) mass is 309 g/mol. The minimum absolute atomic E-state index is 0.0209. The molecule has 2 aromatic rings. The average molecular weight is 309 g/mol. The second-order valence-electron chi connectivity index (χ2n) is 5.25. The highest BCUT2D eigenvalue weighted by atomic mass is 32.2. The van der Waals surface area contributed by atoms with Gasteiger partial charge in [-0.1, -0.05) is 6.42 Å². The molecule has 2 atom stereocenters. The summed E-state index contributed by atoms with van der Waals surface area (Å²) >= 11 is 3.41. The largest absolute Gasteiger partial charge is 0.308 e. The molecule has 6 heteroatoms. The number of aromatic amines is 1. The molecular formula is C14H19N3OS2. The quantitative estimate of drug-likeness (QED) is 0.912. The van der Waals surface area contributed by atoms with E-state index < -0.39 is 0 Å². The molecule has 0 bridgehead atoms. The molecule has 0 radical (unpaired) electrons. The number of rotatable bonds is 4. The molecule has 2 aromatic heterocycles. The Labute approximate surface area is 126 Å². The van der Waals surface area contributed by atoms with E-state index in [0.717, 1.165) is 16.6 Å². The van der Waals surface area contributed by atoms with Gasteiger partial charge in [-0.25, -0.2) is 4.98 Å². The molecule has 4 nitrogen and oxygen atoms in total. The standard InChI is InChI=1S/C14H19N3OS2/c1-19-10-4-2-3-9(7-10)15-8-12-16-11-5-6-20-13(11)14(18)17-12/h5-6,9-10,15H,2-4,7-8H2,1H3,(H,16,17,18). The Kier molecular flexibility index (Phi) is 4.43. The van der Waals surface area contributed by atoms with Crippen molar-refractivity contribution >= 4 is 33.3 Å². The van der Waals surface area contributed by atoms with Crippen LogP contribution in [0.4, 0.5) is 0 Å². The maximum Gasteiger partial charge on any atom is 0.268 e. The van der Waals surface area contributed by atoms with Crippen LogP contribution in [0.1, 0.15) is 31.5 Å². The van der Waals surface area contributed by atoms with Gasteiger partial charge in [0.2, 0.25) is 0 Å². The predicted molar refractivity (Wildman–Crippen MR) is 86.6 cm³/mol. The summed E-state index contributed by atoms with van der Waals surface area (Å²) in [5.41, 5.74) is 0.786. The lowest BCUT2D eigenvalue weighted by Gasteiger charge is -2.28. The number of aromatic nitrogens is 2. The van der Waals surface area contributed by atoms with E-state index in [4.69, 9.17) is 0 Å². The average Bonchev–Trinajstić information content (AvgIpc) is 2.94. The molecule has 1 fully saturated rings. The van der Waals surface area contributed by atoms with Crippen LogP contribution in [0.3, 0.4) is 0 Å². The maximum absolute atomic E-state index is 11.9. The van der Waals surface area contributed by atoms with Crippen LogP contribution in [0.5, 0.6) is 0 Å². The molecule has 0 aromatic carbocycles. The zero-order chi connectivity index (χ0) is 13.9. The minimum Gasteiger partial charge on any atom is -0.308 e. The third-order valence-electron chi connectivity index (χ3n) is 3.88. The summed E-state index contributed by atoms with van der Waals surface area (Å²) in [4.78, 5) is 19.3. The molecule has 0 saturated heterocycles. The fraction of sp³-hybridized carbons (Fsp3) is 0.571. The number of thioether (sulfide) groups is 1. The summed E-state index contributed by atoms with van der Waals surface area (Å²) in [5, 5.41) is 6.23. The van der Waals surface area contributed by atoms with Gasteiger partial charge in [-0.15, -0.1) is 11.3 Å². The van der Waals surface area contributed by atoms with E-state index >= 15 is 0 Å². The van der Waals surface area contributed by atoms with Gasteiger partial charge in [0.05, 0.1) is 12.1 Å². The number of fused-ring (bicyclic) bond motifs is 1. The second kappa shape index (κ2) is 6.28. The van der Waals surface area contributed by atoms with Gasteiger partial charge in [0.25, 0.3) is 5.56 Å². The van der Waals surface area contributed by atoms with E-state index in [1.165, 1.54) is 37.0 Å². The third kappa shape index (κ3) is 3.07. The minimum atomic E-state index is -0.0209. The number of H-pyrrole nitrogens is 1. The van der Waals surface area contributed by atoms with Gasteiger partial charge in [0.15, 0.2) is 0 Å². The van der Waals surface area contributed by atoms with Crippen molar-refractivity contribution < 1.29 is 0 Å². The third-order valence-corrected chi connectivity index (χ3v) is 5.88. The van der Waals surface area contributed by atoms with Crippen molar-refractivity contribution in [1.82, 2.24) is 15.3 Å². The van der Waals surface area contributed by atoms with Crippen LogP contribution in [-0.4, -0.2) is 27.5 Å². The first-order valence-corrected chi connectivity index (χ1v) is 9.15. The van der Waals surface area contributed by atoms with E-state index in [1.54, 1.807) is 0 Å². The number of thiophene rings is 1. The van der Waals surface area contributed by atoms with E-state index in [-0.39, 0.29) is 5.56 Å². The Morgan fingerprint density at radius 1 is 1.55 bits per heavy atom. The van der Waals surface area contributed by atoms with E-state index in [2.05, 4.69) is 21.5 Å². The highest BCUT2D eigenvalue weighted by molar-refractivity contribution is 7.99. The van der Waals surface area contributed by atoms with Crippen LogP contribution in [0, 0.1) is 0 Å². The number of nitrogens with one attached hydrogen (secondary N) is 2. The van der Waals surface area contributed by atoms with Crippen LogP contribution in [0.2, 0.25) is 0 Å². The van der Waals surface area contributed by atoms with E-state index in [1.807, 2.05) is 23.2 Å². The van der Waals surface area contributed by atoms with Crippen molar-refractivity contribution in [2.45, 2.75) is 43.5 Å². The highest BCUT2D eigenvalue weighted by Gasteiger charge is 2.20. The fourth-order valence-electron chi connectivity index (χ4n) is 2.79. The fourth-order valence-corrected chi connectivity index (χ4v) is 4.34.